The second-order valence-corrected chi connectivity index (χ2v) is 5.43. The smallest absolute Gasteiger partial charge is 0.287 e. The van der Waals surface area contributed by atoms with Gasteiger partial charge in [-0.05, 0) is 32.5 Å². The number of hydrogen-bond acceptors (Lipinski definition) is 5. The quantitative estimate of drug-likeness (QED) is 0.624. The highest BCUT2D eigenvalue weighted by Gasteiger charge is 2.14. The average Bonchev–Trinajstić information content (AvgIpc) is 2.70. The van der Waals surface area contributed by atoms with Crippen LogP contribution in [-0.4, -0.2) is 22.0 Å². The Morgan fingerprint density at radius 1 is 1.38 bits per heavy atom. The molecule has 112 valence electrons. The Balaban J connectivity index is 2.08. The Bertz CT molecular complexity index is 650. The van der Waals surface area contributed by atoms with Gasteiger partial charge in [-0.25, -0.2) is 0 Å². The van der Waals surface area contributed by atoms with Crippen LogP contribution in [0, 0.1) is 24.0 Å². The number of rotatable bonds is 5. The van der Waals surface area contributed by atoms with E-state index in [-0.39, 0.29) is 10.7 Å². The molecule has 0 bridgehead atoms. The summed E-state index contributed by atoms with van der Waals surface area (Å²) in [5.41, 5.74) is 2.78. The second-order valence-electron chi connectivity index (χ2n) is 5.02. The average molecular weight is 310 g/mol. The summed E-state index contributed by atoms with van der Waals surface area (Å²) >= 11 is 5.92. The summed E-state index contributed by atoms with van der Waals surface area (Å²) < 4.78 is 5.13. The Morgan fingerprint density at radius 2 is 2.10 bits per heavy atom. The number of hydrogen-bond donors (Lipinski definition) is 0. The van der Waals surface area contributed by atoms with Crippen LogP contribution in [0.4, 0.5) is 5.69 Å². The lowest BCUT2D eigenvalue weighted by molar-refractivity contribution is -0.384. The van der Waals surface area contributed by atoms with Gasteiger partial charge in [0.15, 0.2) is 0 Å². The van der Waals surface area contributed by atoms with Gasteiger partial charge >= 0.3 is 0 Å². The minimum Gasteiger partial charge on any atom is -0.361 e. The van der Waals surface area contributed by atoms with E-state index in [4.69, 9.17) is 16.1 Å². The van der Waals surface area contributed by atoms with E-state index in [0.717, 1.165) is 22.6 Å². The van der Waals surface area contributed by atoms with E-state index < -0.39 is 4.92 Å². The molecule has 0 aliphatic heterocycles. The van der Waals surface area contributed by atoms with E-state index in [9.17, 15) is 10.1 Å². The maximum Gasteiger partial charge on any atom is 0.287 e. The van der Waals surface area contributed by atoms with Crippen molar-refractivity contribution in [1.29, 1.82) is 0 Å². The molecule has 0 amide bonds. The summed E-state index contributed by atoms with van der Waals surface area (Å²) in [5.74, 6) is 0.807. The van der Waals surface area contributed by atoms with Gasteiger partial charge in [-0.1, -0.05) is 22.8 Å². The third-order valence-electron chi connectivity index (χ3n) is 3.27. The molecule has 2 aromatic rings. The van der Waals surface area contributed by atoms with Gasteiger partial charge in [0.25, 0.3) is 5.69 Å². The molecule has 0 aliphatic rings. The van der Waals surface area contributed by atoms with Crippen LogP contribution in [0.3, 0.4) is 0 Å². The SMILES string of the molecule is Cc1noc(C)c1CN(C)Cc1ccc([N+](=O)[O-])c(Cl)c1. The summed E-state index contributed by atoms with van der Waals surface area (Å²) in [6.45, 7) is 5.10. The maximum atomic E-state index is 10.7. The fourth-order valence-corrected chi connectivity index (χ4v) is 2.43. The molecule has 0 saturated carbocycles. The van der Waals surface area contributed by atoms with Crippen molar-refractivity contribution in [1.82, 2.24) is 10.1 Å². The van der Waals surface area contributed by atoms with E-state index in [2.05, 4.69) is 10.1 Å². The van der Waals surface area contributed by atoms with Gasteiger partial charge in [0, 0.05) is 24.7 Å². The van der Waals surface area contributed by atoms with Gasteiger partial charge in [0.2, 0.25) is 0 Å². The third kappa shape index (κ3) is 3.59. The highest BCUT2D eigenvalue weighted by atomic mass is 35.5. The van der Waals surface area contributed by atoms with E-state index in [1.165, 1.54) is 6.07 Å². The minimum atomic E-state index is -0.486. The van der Waals surface area contributed by atoms with Crippen LogP contribution in [-0.2, 0) is 13.1 Å². The van der Waals surface area contributed by atoms with E-state index in [1.807, 2.05) is 20.9 Å². The topological polar surface area (TPSA) is 72.4 Å². The number of nitro groups is 1. The molecular weight excluding hydrogens is 294 g/mol. The molecule has 6 nitrogen and oxygen atoms in total. The van der Waals surface area contributed by atoms with Crippen molar-refractivity contribution >= 4 is 17.3 Å². The normalized spacial score (nSPS) is 11.1. The lowest BCUT2D eigenvalue weighted by Gasteiger charge is -2.16. The Hall–Kier alpha value is -1.92. The molecule has 0 saturated heterocycles. The van der Waals surface area contributed by atoms with Crippen molar-refractivity contribution in [2.75, 3.05) is 7.05 Å². The number of halogens is 1. The molecule has 21 heavy (non-hydrogen) atoms. The summed E-state index contributed by atoms with van der Waals surface area (Å²) in [7, 11) is 1.96. The molecule has 0 unspecified atom stereocenters. The first-order valence-electron chi connectivity index (χ1n) is 6.41. The van der Waals surface area contributed by atoms with Crippen LogP contribution in [0.25, 0.3) is 0 Å². The largest absolute Gasteiger partial charge is 0.361 e. The molecule has 0 aliphatic carbocycles. The van der Waals surface area contributed by atoms with Crippen molar-refractivity contribution in [3.8, 4) is 0 Å². The standard InChI is InChI=1S/C14H16ClN3O3/c1-9-12(10(2)21-16-9)8-17(3)7-11-4-5-14(18(19)20)13(15)6-11/h4-6H,7-8H2,1-3H3. The summed E-state index contributed by atoms with van der Waals surface area (Å²) in [4.78, 5) is 12.3. The Morgan fingerprint density at radius 3 is 2.62 bits per heavy atom. The van der Waals surface area contributed by atoms with Crippen LogP contribution in [0.15, 0.2) is 22.7 Å². The third-order valence-corrected chi connectivity index (χ3v) is 3.57. The summed E-state index contributed by atoms with van der Waals surface area (Å²) in [5, 5.41) is 14.8. The molecule has 0 fully saturated rings. The van der Waals surface area contributed by atoms with Crippen molar-refractivity contribution in [2.24, 2.45) is 0 Å². The molecular formula is C14H16ClN3O3. The first-order valence-corrected chi connectivity index (χ1v) is 6.79. The van der Waals surface area contributed by atoms with Gasteiger partial charge < -0.3 is 4.52 Å². The highest BCUT2D eigenvalue weighted by Crippen LogP contribution is 2.25. The number of nitro benzene ring substituents is 1. The van der Waals surface area contributed by atoms with Crippen LogP contribution in [0.5, 0.6) is 0 Å². The van der Waals surface area contributed by atoms with Crippen molar-refractivity contribution < 1.29 is 9.45 Å². The zero-order valence-corrected chi connectivity index (χ0v) is 12.8. The molecule has 7 heteroatoms. The molecule has 1 heterocycles. The van der Waals surface area contributed by atoms with Gasteiger partial charge in [-0.15, -0.1) is 0 Å². The van der Waals surface area contributed by atoms with Crippen molar-refractivity contribution in [3.63, 3.8) is 0 Å². The Labute approximate surface area is 127 Å². The summed E-state index contributed by atoms with van der Waals surface area (Å²) in [6.07, 6.45) is 0. The Kier molecular flexibility index (Phi) is 4.59. The predicted octanol–water partition coefficient (Wildman–Crippen LogP) is 3.49. The van der Waals surface area contributed by atoms with Crippen LogP contribution >= 0.6 is 11.6 Å². The van der Waals surface area contributed by atoms with E-state index in [1.54, 1.807) is 12.1 Å². The van der Waals surface area contributed by atoms with Gasteiger partial charge in [0.1, 0.15) is 10.8 Å². The molecule has 0 N–H and O–H groups in total. The van der Waals surface area contributed by atoms with Gasteiger partial charge in [-0.3, -0.25) is 15.0 Å². The number of benzene rings is 1. The lowest BCUT2D eigenvalue weighted by Crippen LogP contribution is -2.18. The molecule has 1 aromatic heterocycles. The zero-order valence-electron chi connectivity index (χ0n) is 12.1. The monoisotopic (exact) mass is 309 g/mol. The fourth-order valence-electron chi connectivity index (χ4n) is 2.16. The molecule has 0 spiro atoms. The van der Waals surface area contributed by atoms with E-state index in [0.29, 0.717) is 13.1 Å². The molecule has 0 radical (unpaired) electrons. The summed E-state index contributed by atoms with van der Waals surface area (Å²) in [6, 6.07) is 4.78. The highest BCUT2D eigenvalue weighted by molar-refractivity contribution is 6.32. The molecule has 2 rings (SSSR count). The van der Waals surface area contributed by atoms with Crippen LogP contribution < -0.4 is 0 Å². The van der Waals surface area contributed by atoms with Gasteiger partial charge in [-0.2, -0.15) is 0 Å². The lowest BCUT2D eigenvalue weighted by atomic mass is 10.1. The maximum absolute atomic E-state index is 10.7. The second kappa shape index (κ2) is 6.24. The van der Waals surface area contributed by atoms with Gasteiger partial charge in [0.05, 0.1) is 10.6 Å². The minimum absolute atomic E-state index is 0.0752. The first-order chi connectivity index (χ1) is 9.88. The van der Waals surface area contributed by atoms with Crippen molar-refractivity contribution in [3.05, 3.63) is 55.9 Å². The number of aromatic nitrogens is 1. The van der Waals surface area contributed by atoms with E-state index >= 15 is 0 Å². The predicted molar refractivity (Wildman–Crippen MR) is 79.3 cm³/mol. The van der Waals surface area contributed by atoms with Crippen molar-refractivity contribution in [2.45, 2.75) is 26.9 Å². The molecule has 1 aromatic carbocycles. The van der Waals surface area contributed by atoms with Crippen LogP contribution in [0.2, 0.25) is 5.02 Å². The fraction of sp³-hybridized carbons (Fsp3) is 0.357. The number of nitrogens with zero attached hydrogens (tertiary/aromatic N) is 3. The first kappa shape index (κ1) is 15.5. The zero-order chi connectivity index (χ0) is 15.6. The van der Waals surface area contributed by atoms with Crippen LogP contribution in [0.1, 0.15) is 22.6 Å². The molecule has 0 atom stereocenters. The number of aryl methyl sites for hydroxylation is 2.